The summed E-state index contributed by atoms with van der Waals surface area (Å²) < 4.78 is 4.61. The summed E-state index contributed by atoms with van der Waals surface area (Å²) >= 11 is 0.880. The number of nitrogens with zero attached hydrogens (tertiary/aromatic N) is 1. The predicted octanol–water partition coefficient (Wildman–Crippen LogP) is 2.94. The third-order valence-electron chi connectivity index (χ3n) is 4.16. The van der Waals surface area contributed by atoms with Crippen molar-refractivity contribution >= 4 is 40.9 Å². The van der Waals surface area contributed by atoms with E-state index in [9.17, 15) is 19.2 Å². The van der Waals surface area contributed by atoms with E-state index in [1.807, 2.05) is 30.3 Å². The SMILES string of the molecule is COC(=O)c1ccc(C(=O)NCCN2C(=O)SC(=Cc3ccccc3)C2=O)cc1. The smallest absolute Gasteiger partial charge is 0.337 e. The molecule has 1 saturated heterocycles. The van der Waals surface area contributed by atoms with Crippen molar-refractivity contribution in [1.82, 2.24) is 10.2 Å². The zero-order valence-electron chi connectivity index (χ0n) is 15.6. The van der Waals surface area contributed by atoms with Crippen LogP contribution < -0.4 is 5.32 Å². The van der Waals surface area contributed by atoms with Crippen LogP contribution in [0.15, 0.2) is 59.5 Å². The van der Waals surface area contributed by atoms with E-state index < -0.39 is 5.97 Å². The summed E-state index contributed by atoms with van der Waals surface area (Å²) in [6, 6.07) is 15.3. The third kappa shape index (κ3) is 4.91. The Hall–Kier alpha value is -3.39. The fourth-order valence-electron chi connectivity index (χ4n) is 2.65. The molecule has 0 aromatic heterocycles. The summed E-state index contributed by atoms with van der Waals surface area (Å²) in [5, 5.41) is 2.30. The Bertz CT molecular complexity index is 970. The Labute approximate surface area is 171 Å². The van der Waals surface area contributed by atoms with Crippen LogP contribution in [0.4, 0.5) is 4.79 Å². The molecule has 3 rings (SSSR count). The van der Waals surface area contributed by atoms with Crippen molar-refractivity contribution in [2.24, 2.45) is 0 Å². The molecule has 1 fully saturated rings. The van der Waals surface area contributed by atoms with Gasteiger partial charge in [0.05, 0.1) is 17.6 Å². The summed E-state index contributed by atoms with van der Waals surface area (Å²) in [7, 11) is 1.28. The molecule has 148 valence electrons. The lowest BCUT2D eigenvalue weighted by Crippen LogP contribution is -2.37. The highest BCUT2D eigenvalue weighted by molar-refractivity contribution is 8.18. The first-order valence-electron chi connectivity index (χ1n) is 8.76. The fraction of sp³-hybridized carbons (Fsp3) is 0.143. The lowest BCUT2D eigenvalue weighted by Gasteiger charge is -2.13. The first kappa shape index (κ1) is 20.3. The van der Waals surface area contributed by atoms with Crippen LogP contribution in [-0.2, 0) is 9.53 Å². The Morgan fingerprint density at radius 1 is 1.03 bits per heavy atom. The quantitative estimate of drug-likeness (QED) is 0.581. The Morgan fingerprint density at radius 3 is 2.34 bits per heavy atom. The van der Waals surface area contributed by atoms with Crippen molar-refractivity contribution in [2.45, 2.75) is 0 Å². The summed E-state index contributed by atoms with van der Waals surface area (Å²) in [6.45, 7) is 0.191. The molecule has 2 aromatic carbocycles. The van der Waals surface area contributed by atoms with E-state index in [-0.39, 0.29) is 30.1 Å². The average Bonchev–Trinajstić information content (AvgIpc) is 3.01. The number of rotatable bonds is 6. The number of methoxy groups -OCH3 is 1. The molecule has 0 atom stereocenters. The molecule has 1 heterocycles. The van der Waals surface area contributed by atoms with Crippen LogP contribution in [0, 0.1) is 0 Å². The van der Waals surface area contributed by atoms with Crippen molar-refractivity contribution in [1.29, 1.82) is 0 Å². The lowest BCUT2D eigenvalue weighted by molar-refractivity contribution is -0.122. The molecule has 1 aliphatic rings. The van der Waals surface area contributed by atoms with Gasteiger partial charge in [0.25, 0.3) is 17.1 Å². The van der Waals surface area contributed by atoms with Gasteiger partial charge in [-0.1, -0.05) is 30.3 Å². The van der Waals surface area contributed by atoms with E-state index in [4.69, 9.17) is 0 Å². The Kier molecular flexibility index (Phi) is 6.46. The van der Waals surface area contributed by atoms with Gasteiger partial charge in [0.15, 0.2) is 0 Å². The normalized spacial score (nSPS) is 14.9. The molecule has 3 amide bonds. The monoisotopic (exact) mass is 410 g/mol. The number of benzene rings is 2. The number of thioether (sulfide) groups is 1. The topological polar surface area (TPSA) is 92.8 Å². The number of imide groups is 1. The Balaban J connectivity index is 1.55. The van der Waals surface area contributed by atoms with E-state index >= 15 is 0 Å². The molecule has 0 unspecified atom stereocenters. The standard InChI is InChI=1S/C21H18N2O5S/c1-28-20(26)16-9-7-15(8-10-16)18(24)22-11-12-23-19(25)17(29-21(23)27)13-14-5-3-2-4-6-14/h2-10,13H,11-12H2,1H3,(H,22,24). The highest BCUT2D eigenvalue weighted by Gasteiger charge is 2.34. The number of ether oxygens (including phenoxy) is 1. The highest BCUT2D eigenvalue weighted by atomic mass is 32.2. The van der Waals surface area contributed by atoms with E-state index in [0.29, 0.717) is 16.0 Å². The summed E-state index contributed by atoms with van der Waals surface area (Å²) in [5.74, 6) is -1.23. The second-order valence-corrected chi connectivity index (χ2v) is 7.06. The molecule has 0 aliphatic carbocycles. The molecular weight excluding hydrogens is 392 g/mol. The third-order valence-corrected chi connectivity index (χ3v) is 5.07. The fourth-order valence-corrected chi connectivity index (χ4v) is 3.52. The molecule has 2 aromatic rings. The van der Waals surface area contributed by atoms with Gasteiger partial charge >= 0.3 is 5.97 Å². The van der Waals surface area contributed by atoms with Gasteiger partial charge in [-0.2, -0.15) is 0 Å². The number of esters is 1. The number of carbonyl (C=O) groups excluding carboxylic acids is 4. The number of amides is 3. The molecule has 1 N–H and O–H groups in total. The first-order chi connectivity index (χ1) is 14.0. The minimum Gasteiger partial charge on any atom is -0.465 e. The molecule has 1 aliphatic heterocycles. The van der Waals surface area contributed by atoms with Crippen molar-refractivity contribution in [3.05, 3.63) is 76.2 Å². The van der Waals surface area contributed by atoms with Crippen LogP contribution in [0.2, 0.25) is 0 Å². The maximum Gasteiger partial charge on any atom is 0.337 e. The van der Waals surface area contributed by atoms with Gasteiger partial charge in [0.2, 0.25) is 0 Å². The maximum absolute atomic E-state index is 12.5. The number of hydrogen-bond acceptors (Lipinski definition) is 6. The second-order valence-electron chi connectivity index (χ2n) is 6.07. The minimum absolute atomic E-state index is 0.0722. The molecule has 0 saturated carbocycles. The van der Waals surface area contributed by atoms with Gasteiger partial charge in [-0.05, 0) is 47.7 Å². The molecule has 0 spiro atoms. The minimum atomic E-state index is -0.486. The van der Waals surface area contributed by atoms with Crippen LogP contribution in [0.3, 0.4) is 0 Å². The molecule has 7 nitrogen and oxygen atoms in total. The predicted molar refractivity (Wildman–Crippen MR) is 109 cm³/mol. The second kappa shape index (κ2) is 9.20. The zero-order valence-corrected chi connectivity index (χ0v) is 16.4. The maximum atomic E-state index is 12.5. The van der Waals surface area contributed by atoms with E-state index in [1.54, 1.807) is 6.08 Å². The van der Waals surface area contributed by atoms with Crippen molar-refractivity contribution in [2.75, 3.05) is 20.2 Å². The van der Waals surface area contributed by atoms with Gasteiger partial charge < -0.3 is 10.1 Å². The van der Waals surface area contributed by atoms with Crippen LogP contribution in [0.1, 0.15) is 26.3 Å². The van der Waals surface area contributed by atoms with Crippen LogP contribution in [0.25, 0.3) is 6.08 Å². The lowest BCUT2D eigenvalue weighted by atomic mass is 10.1. The van der Waals surface area contributed by atoms with Crippen LogP contribution in [-0.4, -0.2) is 48.1 Å². The van der Waals surface area contributed by atoms with E-state index in [0.717, 1.165) is 22.2 Å². The molecule has 0 radical (unpaired) electrons. The van der Waals surface area contributed by atoms with Crippen LogP contribution in [0.5, 0.6) is 0 Å². The van der Waals surface area contributed by atoms with Crippen LogP contribution >= 0.6 is 11.8 Å². The molecule has 0 bridgehead atoms. The van der Waals surface area contributed by atoms with Gasteiger partial charge in [-0.25, -0.2) is 4.79 Å². The van der Waals surface area contributed by atoms with Crippen molar-refractivity contribution < 1.29 is 23.9 Å². The van der Waals surface area contributed by atoms with Gasteiger partial charge in [-0.15, -0.1) is 0 Å². The van der Waals surface area contributed by atoms with Gasteiger partial charge in [-0.3, -0.25) is 19.3 Å². The zero-order chi connectivity index (χ0) is 20.8. The first-order valence-corrected chi connectivity index (χ1v) is 9.58. The van der Waals surface area contributed by atoms with E-state index in [2.05, 4.69) is 10.1 Å². The number of nitrogens with one attached hydrogen (secondary N) is 1. The molecule has 29 heavy (non-hydrogen) atoms. The summed E-state index contributed by atoms with van der Waals surface area (Å²) in [6.07, 6.45) is 1.67. The van der Waals surface area contributed by atoms with Crippen molar-refractivity contribution in [3.63, 3.8) is 0 Å². The van der Waals surface area contributed by atoms with Gasteiger partial charge in [0, 0.05) is 18.7 Å². The molecular formula is C21H18N2O5S. The average molecular weight is 410 g/mol. The summed E-state index contributed by atoms with van der Waals surface area (Å²) in [5.41, 5.74) is 1.53. The van der Waals surface area contributed by atoms with Crippen molar-refractivity contribution in [3.8, 4) is 0 Å². The largest absolute Gasteiger partial charge is 0.465 e. The van der Waals surface area contributed by atoms with E-state index in [1.165, 1.54) is 31.4 Å². The van der Waals surface area contributed by atoms with Gasteiger partial charge in [0.1, 0.15) is 0 Å². The number of hydrogen-bond donors (Lipinski definition) is 1. The summed E-state index contributed by atoms with van der Waals surface area (Å²) in [4.78, 5) is 49.7. The molecule has 8 heteroatoms. The highest BCUT2D eigenvalue weighted by Crippen LogP contribution is 2.31. The number of carbonyl (C=O) groups is 4. The Morgan fingerprint density at radius 2 is 1.69 bits per heavy atom.